The van der Waals surface area contributed by atoms with E-state index in [1.165, 1.54) is 22.5 Å². The zero-order chi connectivity index (χ0) is 13.3. The average molecular weight is 309 g/mol. The third-order valence-electron chi connectivity index (χ3n) is 3.34. The first-order valence-corrected chi connectivity index (χ1v) is 7.32. The molecule has 1 unspecified atom stereocenters. The number of hydrogen-bond donors (Lipinski definition) is 1. The largest absolute Gasteiger partial charge is 0.315 e. The molecule has 1 aromatic rings. The van der Waals surface area contributed by atoms with Gasteiger partial charge in [-0.25, -0.2) is 12.8 Å². The zero-order valence-electron chi connectivity index (χ0n) is 10.9. The summed E-state index contributed by atoms with van der Waals surface area (Å²) in [6.07, 6.45) is 0.802. The number of halogens is 2. The summed E-state index contributed by atoms with van der Waals surface area (Å²) < 4.78 is 39.3. The lowest BCUT2D eigenvalue weighted by atomic mass is 10.2. The van der Waals surface area contributed by atoms with Gasteiger partial charge in [0.25, 0.3) is 0 Å². The predicted octanol–water partition coefficient (Wildman–Crippen LogP) is 1.54. The molecule has 7 heteroatoms. The highest BCUT2D eigenvalue weighted by molar-refractivity contribution is 7.89. The van der Waals surface area contributed by atoms with Gasteiger partial charge >= 0.3 is 0 Å². The van der Waals surface area contributed by atoms with E-state index in [1.54, 1.807) is 14.0 Å². The molecule has 1 atom stereocenters. The minimum atomic E-state index is -3.54. The SMILES string of the molecule is Cc1cc(F)ccc1S(=O)(=O)N(C)C1CCNC1.Cl. The van der Waals surface area contributed by atoms with Crippen LogP contribution < -0.4 is 5.32 Å². The van der Waals surface area contributed by atoms with Crippen molar-refractivity contribution in [1.82, 2.24) is 9.62 Å². The minimum Gasteiger partial charge on any atom is -0.315 e. The molecule has 0 bridgehead atoms. The van der Waals surface area contributed by atoms with Gasteiger partial charge in [-0.15, -0.1) is 12.4 Å². The second kappa shape index (κ2) is 6.17. The maximum atomic E-state index is 13.0. The van der Waals surface area contributed by atoms with E-state index in [9.17, 15) is 12.8 Å². The van der Waals surface area contributed by atoms with Crippen molar-refractivity contribution in [2.24, 2.45) is 0 Å². The van der Waals surface area contributed by atoms with Gasteiger partial charge in [0.05, 0.1) is 4.90 Å². The van der Waals surface area contributed by atoms with Crippen molar-refractivity contribution >= 4 is 22.4 Å². The van der Waals surface area contributed by atoms with E-state index < -0.39 is 15.8 Å². The molecule has 108 valence electrons. The van der Waals surface area contributed by atoms with Gasteiger partial charge in [0.15, 0.2) is 0 Å². The molecule has 1 N–H and O–H groups in total. The van der Waals surface area contributed by atoms with Gasteiger partial charge in [-0.1, -0.05) is 0 Å². The van der Waals surface area contributed by atoms with Crippen LogP contribution in [0.5, 0.6) is 0 Å². The van der Waals surface area contributed by atoms with Crippen LogP contribution in [0.1, 0.15) is 12.0 Å². The number of nitrogens with one attached hydrogen (secondary N) is 1. The predicted molar refractivity (Wildman–Crippen MR) is 74.6 cm³/mol. The number of likely N-dealkylation sites (N-methyl/N-ethyl adjacent to an activating group) is 1. The van der Waals surface area contributed by atoms with Crippen molar-refractivity contribution < 1.29 is 12.8 Å². The topological polar surface area (TPSA) is 49.4 Å². The summed E-state index contributed by atoms with van der Waals surface area (Å²) in [5.74, 6) is -0.420. The number of benzene rings is 1. The van der Waals surface area contributed by atoms with Gasteiger partial charge in [0.2, 0.25) is 10.0 Å². The Morgan fingerprint density at radius 3 is 2.63 bits per heavy atom. The van der Waals surface area contributed by atoms with Crippen LogP contribution in [0, 0.1) is 12.7 Å². The number of nitrogens with zero attached hydrogens (tertiary/aromatic N) is 1. The molecule has 1 fully saturated rings. The maximum absolute atomic E-state index is 13.0. The Kier molecular flexibility index (Phi) is 5.32. The maximum Gasteiger partial charge on any atom is 0.243 e. The second-order valence-electron chi connectivity index (χ2n) is 4.58. The first-order chi connectivity index (χ1) is 8.43. The monoisotopic (exact) mass is 308 g/mol. The average Bonchev–Trinajstić information content (AvgIpc) is 2.80. The molecule has 0 radical (unpaired) electrons. The van der Waals surface area contributed by atoms with E-state index >= 15 is 0 Å². The van der Waals surface area contributed by atoms with Crippen molar-refractivity contribution in [2.75, 3.05) is 20.1 Å². The fraction of sp³-hybridized carbons (Fsp3) is 0.500. The van der Waals surface area contributed by atoms with E-state index in [0.717, 1.165) is 13.0 Å². The molecule has 0 aliphatic carbocycles. The fourth-order valence-electron chi connectivity index (χ4n) is 2.20. The first-order valence-electron chi connectivity index (χ1n) is 5.88. The van der Waals surface area contributed by atoms with E-state index in [-0.39, 0.29) is 23.3 Å². The molecule has 2 rings (SSSR count). The van der Waals surface area contributed by atoms with Crippen LogP contribution in [0.4, 0.5) is 4.39 Å². The van der Waals surface area contributed by atoms with Crippen LogP contribution in [0.15, 0.2) is 23.1 Å². The Morgan fingerprint density at radius 2 is 2.11 bits per heavy atom. The van der Waals surface area contributed by atoms with Crippen LogP contribution in [-0.2, 0) is 10.0 Å². The molecule has 4 nitrogen and oxygen atoms in total. The van der Waals surface area contributed by atoms with Crippen LogP contribution in [0.2, 0.25) is 0 Å². The normalized spacial score (nSPS) is 19.5. The summed E-state index contributed by atoms with van der Waals surface area (Å²) in [6.45, 7) is 3.10. The smallest absolute Gasteiger partial charge is 0.243 e. The highest BCUT2D eigenvalue weighted by Gasteiger charge is 2.30. The lowest BCUT2D eigenvalue weighted by Gasteiger charge is -2.23. The molecule has 0 amide bonds. The minimum absolute atomic E-state index is 0. The van der Waals surface area contributed by atoms with Crippen molar-refractivity contribution in [1.29, 1.82) is 0 Å². The molecule has 0 spiro atoms. The zero-order valence-corrected chi connectivity index (χ0v) is 12.5. The highest BCUT2D eigenvalue weighted by atomic mass is 35.5. The van der Waals surface area contributed by atoms with Crippen molar-refractivity contribution in [3.8, 4) is 0 Å². The molecule has 1 aromatic carbocycles. The third kappa shape index (κ3) is 3.25. The second-order valence-corrected chi connectivity index (χ2v) is 6.54. The van der Waals surface area contributed by atoms with Crippen molar-refractivity contribution in [2.45, 2.75) is 24.3 Å². The van der Waals surface area contributed by atoms with E-state index in [4.69, 9.17) is 0 Å². The quantitative estimate of drug-likeness (QED) is 0.921. The Balaban J connectivity index is 0.00000180. The van der Waals surface area contributed by atoms with E-state index in [2.05, 4.69) is 5.32 Å². The Hall–Kier alpha value is -0.690. The van der Waals surface area contributed by atoms with Crippen LogP contribution >= 0.6 is 12.4 Å². The molecule has 0 saturated carbocycles. The summed E-state index contributed by atoms with van der Waals surface area (Å²) >= 11 is 0. The molecule has 0 aromatic heterocycles. The third-order valence-corrected chi connectivity index (χ3v) is 5.41. The summed E-state index contributed by atoms with van der Waals surface area (Å²) in [5.41, 5.74) is 0.438. The van der Waals surface area contributed by atoms with Gasteiger partial charge in [0, 0.05) is 19.6 Å². The summed E-state index contributed by atoms with van der Waals surface area (Å²) in [7, 11) is -1.96. The standard InChI is InChI=1S/C12H17FN2O2S.ClH/c1-9-7-10(13)3-4-12(9)18(16,17)15(2)11-5-6-14-8-11;/h3-4,7,11,14H,5-6,8H2,1-2H3;1H. The number of rotatable bonds is 3. The Morgan fingerprint density at radius 1 is 1.42 bits per heavy atom. The molecular weight excluding hydrogens is 291 g/mol. The molecule has 1 saturated heterocycles. The fourth-order valence-corrected chi connectivity index (χ4v) is 3.79. The molecule has 1 heterocycles. The van der Waals surface area contributed by atoms with Crippen LogP contribution in [0.25, 0.3) is 0 Å². The molecule has 1 aliphatic rings. The van der Waals surface area contributed by atoms with Gasteiger partial charge < -0.3 is 5.32 Å². The van der Waals surface area contributed by atoms with Crippen LogP contribution in [0.3, 0.4) is 0 Å². The number of aryl methyl sites for hydroxylation is 1. The van der Waals surface area contributed by atoms with Crippen LogP contribution in [-0.4, -0.2) is 38.9 Å². The Bertz CT molecular complexity index is 545. The number of hydrogen-bond acceptors (Lipinski definition) is 3. The molecule has 19 heavy (non-hydrogen) atoms. The van der Waals surface area contributed by atoms with Gasteiger partial charge in [-0.3, -0.25) is 0 Å². The lowest BCUT2D eigenvalue weighted by molar-refractivity contribution is 0.387. The van der Waals surface area contributed by atoms with Gasteiger partial charge in [0.1, 0.15) is 5.82 Å². The van der Waals surface area contributed by atoms with E-state index in [0.29, 0.717) is 12.1 Å². The summed E-state index contributed by atoms with van der Waals surface area (Å²) in [6, 6.07) is 3.73. The first kappa shape index (κ1) is 16.4. The van der Waals surface area contributed by atoms with Gasteiger partial charge in [-0.05, 0) is 43.7 Å². The Labute approximate surface area is 119 Å². The molecular formula is C12H18ClFN2O2S. The highest BCUT2D eigenvalue weighted by Crippen LogP contribution is 2.22. The van der Waals surface area contributed by atoms with Crippen molar-refractivity contribution in [3.63, 3.8) is 0 Å². The molecule has 1 aliphatic heterocycles. The summed E-state index contributed by atoms with van der Waals surface area (Å²) in [4.78, 5) is 0.179. The lowest BCUT2D eigenvalue weighted by Crippen LogP contribution is -2.38. The number of sulfonamides is 1. The van der Waals surface area contributed by atoms with Gasteiger partial charge in [-0.2, -0.15) is 4.31 Å². The van der Waals surface area contributed by atoms with Crippen molar-refractivity contribution in [3.05, 3.63) is 29.6 Å². The van der Waals surface area contributed by atoms with E-state index in [1.807, 2.05) is 0 Å². The summed E-state index contributed by atoms with van der Waals surface area (Å²) in [5, 5.41) is 3.13.